The molecule has 0 fully saturated rings. The van der Waals surface area contributed by atoms with Crippen LogP contribution in [0.1, 0.15) is 17.3 Å². The molecular weight excluding hydrogens is 308 g/mol. The van der Waals surface area contributed by atoms with Gasteiger partial charge in [-0.3, -0.25) is 14.6 Å². The molecular formula is C18H20N2O4. The van der Waals surface area contributed by atoms with Crippen molar-refractivity contribution in [3.05, 3.63) is 54.4 Å². The molecule has 0 aliphatic rings. The van der Waals surface area contributed by atoms with E-state index < -0.39 is 5.92 Å². The summed E-state index contributed by atoms with van der Waals surface area (Å²) in [6.45, 7) is 1.97. The Bertz CT molecular complexity index is 703. The fourth-order valence-corrected chi connectivity index (χ4v) is 2.24. The molecule has 0 saturated heterocycles. The van der Waals surface area contributed by atoms with Crippen molar-refractivity contribution in [2.45, 2.75) is 6.92 Å². The number of aromatic nitrogens is 1. The molecule has 0 bridgehead atoms. The third-order valence-electron chi connectivity index (χ3n) is 3.48. The number of hydrogen-bond donors (Lipinski definition) is 0. The molecule has 0 saturated carbocycles. The monoisotopic (exact) mass is 328 g/mol. The van der Waals surface area contributed by atoms with Crippen LogP contribution in [0.2, 0.25) is 0 Å². The molecule has 1 aromatic carbocycles. The van der Waals surface area contributed by atoms with Gasteiger partial charge in [-0.25, -0.2) is 0 Å². The number of ether oxygens (including phenoxy) is 2. The zero-order valence-corrected chi connectivity index (χ0v) is 13.9. The summed E-state index contributed by atoms with van der Waals surface area (Å²) in [5.41, 5.74) is 0.418. The highest BCUT2D eigenvalue weighted by atomic mass is 16.5. The average molecular weight is 328 g/mol. The number of amides is 1. The van der Waals surface area contributed by atoms with Gasteiger partial charge >= 0.3 is 5.97 Å². The van der Waals surface area contributed by atoms with Crippen LogP contribution >= 0.6 is 0 Å². The van der Waals surface area contributed by atoms with Gasteiger partial charge in [-0.05, 0) is 24.3 Å². The number of carbonyl (C=O) groups excluding carboxylic acids is 2. The minimum atomic E-state index is -0.407. The number of nitrogens with zero attached hydrogens (tertiary/aromatic N) is 2. The summed E-state index contributed by atoms with van der Waals surface area (Å²) < 4.78 is 10.4. The van der Waals surface area contributed by atoms with Gasteiger partial charge in [0.2, 0.25) is 0 Å². The lowest BCUT2D eigenvalue weighted by atomic mass is 10.1. The summed E-state index contributed by atoms with van der Waals surface area (Å²) in [6, 6.07) is 10.5. The number of esters is 1. The second-order valence-electron chi connectivity index (χ2n) is 5.40. The SMILES string of the molecule is COC(=O)[C@@H](C)CN(C)C(=O)c1ccccc1Oc1cccnc1. The third kappa shape index (κ3) is 4.32. The summed E-state index contributed by atoms with van der Waals surface area (Å²) >= 11 is 0. The van der Waals surface area contributed by atoms with Crippen LogP contribution in [0, 0.1) is 5.92 Å². The maximum absolute atomic E-state index is 12.7. The predicted molar refractivity (Wildman–Crippen MR) is 88.9 cm³/mol. The van der Waals surface area contributed by atoms with Gasteiger partial charge in [-0.2, -0.15) is 0 Å². The molecule has 0 aliphatic carbocycles. The Morgan fingerprint density at radius 2 is 1.96 bits per heavy atom. The van der Waals surface area contributed by atoms with Crippen molar-refractivity contribution in [1.82, 2.24) is 9.88 Å². The van der Waals surface area contributed by atoms with Crippen LogP contribution in [-0.2, 0) is 9.53 Å². The van der Waals surface area contributed by atoms with E-state index in [1.165, 1.54) is 12.0 Å². The number of carbonyl (C=O) groups is 2. The lowest BCUT2D eigenvalue weighted by Crippen LogP contribution is -2.34. The number of hydrogen-bond acceptors (Lipinski definition) is 5. The molecule has 1 aromatic heterocycles. The maximum atomic E-state index is 12.7. The summed E-state index contributed by atoms with van der Waals surface area (Å²) in [4.78, 5) is 29.7. The molecule has 1 atom stereocenters. The largest absolute Gasteiger partial charge is 0.469 e. The number of pyridine rings is 1. The minimum Gasteiger partial charge on any atom is -0.469 e. The van der Waals surface area contributed by atoms with Gasteiger partial charge in [0.25, 0.3) is 5.91 Å². The lowest BCUT2D eigenvalue weighted by Gasteiger charge is -2.21. The van der Waals surface area contributed by atoms with E-state index in [9.17, 15) is 9.59 Å². The van der Waals surface area contributed by atoms with Crippen LogP contribution in [0.3, 0.4) is 0 Å². The average Bonchev–Trinajstić information content (AvgIpc) is 2.61. The second-order valence-corrected chi connectivity index (χ2v) is 5.40. The van der Waals surface area contributed by atoms with Gasteiger partial charge in [-0.1, -0.05) is 19.1 Å². The van der Waals surface area contributed by atoms with E-state index in [1.54, 1.807) is 62.8 Å². The van der Waals surface area contributed by atoms with Gasteiger partial charge in [0.1, 0.15) is 11.5 Å². The van der Waals surface area contributed by atoms with Gasteiger partial charge in [-0.15, -0.1) is 0 Å². The Morgan fingerprint density at radius 1 is 1.21 bits per heavy atom. The van der Waals surface area contributed by atoms with E-state index in [0.717, 1.165) is 0 Å². The molecule has 0 unspecified atom stereocenters. The quantitative estimate of drug-likeness (QED) is 0.763. The summed E-state index contributed by atoms with van der Waals surface area (Å²) in [7, 11) is 2.97. The Morgan fingerprint density at radius 3 is 2.62 bits per heavy atom. The lowest BCUT2D eigenvalue weighted by molar-refractivity contribution is -0.145. The Hall–Kier alpha value is -2.89. The topological polar surface area (TPSA) is 68.7 Å². The molecule has 0 aliphatic heterocycles. The standard InChI is InChI=1S/C18H20N2O4/c1-13(18(22)23-3)12-20(2)17(21)15-8-4-5-9-16(15)24-14-7-6-10-19-11-14/h4-11,13H,12H2,1-3H3/t13-/m0/s1. The van der Waals surface area contributed by atoms with Crippen molar-refractivity contribution in [2.24, 2.45) is 5.92 Å². The number of benzene rings is 1. The highest BCUT2D eigenvalue weighted by Crippen LogP contribution is 2.25. The third-order valence-corrected chi connectivity index (χ3v) is 3.48. The first-order valence-corrected chi connectivity index (χ1v) is 7.53. The zero-order valence-electron chi connectivity index (χ0n) is 13.9. The van der Waals surface area contributed by atoms with Crippen LogP contribution in [0.4, 0.5) is 0 Å². The first-order chi connectivity index (χ1) is 11.5. The van der Waals surface area contributed by atoms with Gasteiger partial charge in [0.05, 0.1) is 24.8 Å². The fraction of sp³-hybridized carbons (Fsp3) is 0.278. The molecule has 6 heteroatoms. The molecule has 6 nitrogen and oxygen atoms in total. The van der Waals surface area contributed by atoms with Crippen molar-refractivity contribution < 1.29 is 19.1 Å². The molecule has 0 spiro atoms. The number of methoxy groups -OCH3 is 1. The van der Waals surface area contributed by atoms with E-state index in [-0.39, 0.29) is 18.4 Å². The zero-order chi connectivity index (χ0) is 17.5. The first kappa shape index (κ1) is 17.5. The van der Waals surface area contributed by atoms with Crippen LogP contribution in [0.15, 0.2) is 48.8 Å². The maximum Gasteiger partial charge on any atom is 0.310 e. The van der Waals surface area contributed by atoms with Crippen LogP contribution < -0.4 is 4.74 Å². The minimum absolute atomic E-state index is 0.231. The highest BCUT2D eigenvalue weighted by molar-refractivity contribution is 5.97. The molecule has 0 radical (unpaired) electrons. The Kier molecular flexibility index (Phi) is 5.89. The van der Waals surface area contributed by atoms with Crippen LogP contribution in [0.25, 0.3) is 0 Å². The predicted octanol–water partition coefficient (Wildman–Crippen LogP) is 2.76. The normalized spacial score (nSPS) is 11.5. The highest BCUT2D eigenvalue weighted by Gasteiger charge is 2.22. The summed E-state index contributed by atoms with van der Waals surface area (Å²) in [5, 5.41) is 0. The van der Waals surface area contributed by atoms with E-state index in [0.29, 0.717) is 17.1 Å². The second kappa shape index (κ2) is 8.10. The summed E-state index contributed by atoms with van der Waals surface area (Å²) in [6.07, 6.45) is 3.22. The molecule has 0 N–H and O–H groups in total. The van der Waals surface area contributed by atoms with E-state index in [2.05, 4.69) is 4.98 Å². The fourth-order valence-electron chi connectivity index (χ4n) is 2.24. The van der Waals surface area contributed by atoms with Crippen molar-refractivity contribution in [2.75, 3.05) is 20.7 Å². The van der Waals surface area contributed by atoms with Crippen LogP contribution in [-0.4, -0.2) is 42.5 Å². The molecule has 2 aromatic rings. The van der Waals surface area contributed by atoms with Crippen molar-refractivity contribution in [1.29, 1.82) is 0 Å². The molecule has 24 heavy (non-hydrogen) atoms. The first-order valence-electron chi connectivity index (χ1n) is 7.53. The van der Waals surface area contributed by atoms with Gasteiger partial charge in [0.15, 0.2) is 0 Å². The molecule has 1 amide bonds. The van der Waals surface area contributed by atoms with E-state index in [4.69, 9.17) is 9.47 Å². The number of rotatable bonds is 6. The van der Waals surface area contributed by atoms with Crippen molar-refractivity contribution >= 4 is 11.9 Å². The van der Waals surface area contributed by atoms with Gasteiger partial charge < -0.3 is 14.4 Å². The molecule has 126 valence electrons. The van der Waals surface area contributed by atoms with Crippen molar-refractivity contribution in [3.63, 3.8) is 0 Å². The summed E-state index contributed by atoms with van der Waals surface area (Å²) in [5.74, 6) is -0.00783. The Labute approximate surface area is 141 Å². The van der Waals surface area contributed by atoms with E-state index in [1.807, 2.05) is 0 Å². The van der Waals surface area contributed by atoms with E-state index >= 15 is 0 Å². The van der Waals surface area contributed by atoms with Crippen molar-refractivity contribution in [3.8, 4) is 11.5 Å². The number of para-hydroxylation sites is 1. The smallest absolute Gasteiger partial charge is 0.310 e. The molecule has 2 rings (SSSR count). The van der Waals surface area contributed by atoms with Crippen LogP contribution in [0.5, 0.6) is 11.5 Å². The van der Waals surface area contributed by atoms with Gasteiger partial charge in [0, 0.05) is 19.8 Å². The Balaban J connectivity index is 2.16. The molecule has 1 heterocycles.